The lowest BCUT2D eigenvalue weighted by atomic mass is 9.62. The zero-order valence-corrected chi connectivity index (χ0v) is 38.1. The average Bonchev–Trinajstić information content (AvgIpc) is 3.64. The van der Waals surface area contributed by atoms with E-state index in [4.69, 9.17) is 9.97 Å². The van der Waals surface area contributed by atoms with Crippen molar-refractivity contribution in [3.05, 3.63) is 168 Å². The summed E-state index contributed by atoms with van der Waals surface area (Å²) in [7, 11) is 0. The standard InChI is InChI=1S/C58H59N3O/c1-55(2,3)42-25-23-37(24-26-42)39-29-32-59-48(36-39)41-33-40(34-43(35-41)56(4,5)6)45-20-16-22-50-52(45)60-54(61(50)49-21-15-14-19-44(49)38-17-12-11-13-18-38)46-27-28-47-51(53(46)62)58(9,10)31-30-57(47,7)8/h11-29,32-36,62H,30-31H2,1-10H3. The van der Waals surface area contributed by atoms with Crippen LogP contribution in [0.4, 0.5) is 0 Å². The minimum absolute atomic E-state index is 0.0465. The summed E-state index contributed by atoms with van der Waals surface area (Å²) in [5.41, 5.74) is 16.7. The molecule has 0 aliphatic heterocycles. The number of nitrogens with zero attached hydrogens (tertiary/aromatic N) is 3. The molecule has 4 heteroatoms. The third-order valence-electron chi connectivity index (χ3n) is 13.4. The van der Waals surface area contributed by atoms with Crippen LogP contribution in [0.2, 0.25) is 0 Å². The Labute approximate surface area is 368 Å². The molecule has 0 saturated carbocycles. The Morgan fingerprint density at radius 2 is 1.19 bits per heavy atom. The molecule has 0 bridgehead atoms. The molecule has 1 N–H and O–H groups in total. The fourth-order valence-electron chi connectivity index (χ4n) is 9.49. The molecule has 0 amide bonds. The van der Waals surface area contributed by atoms with Crippen LogP contribution in [-0.4, -0.2) is 19.6 Å². The number of pyridine rings is 1. The van der Waals surface area contributed by atoms with Gasteiger partial charge in [0.25, 0.3) is 0 Å². The highest BCUT2D eigenvalue weighted by molar-refractivity contribution is 5.98. The Hall–Kier alpha value is -6.26. The molecule has 1 aliphatic rings. The topological polar surface area (TPSA) is 50.9 Å². The number of hydrogen-bond donors (Lipinski definition) is 1. The van der Waals surface area contributed by atoms with Gasteiger partial charge in [-0.15, -0.1) is 0 Å². The quantitative estimate of drug-likeness (QED) is 0.182. The van der Waals surface area contributed by atoms with Gasteiger partial charge in [0.05, 0.1) is 28.0 Å². The van der Waals surface area contributed by atoms with Crippen LogP contribution in [0.3, 0.4) is 0 Å². The molecular weight excluding hydrogens is 755 g/mol. The SMILES string of the molecule is CC(C)(C)c1ccc(-c2ccnc(-c3cc(-c4cccc5c4nc(-c4ccc6c(c4O)C(C)(C)CCC6(C)C)n5-c4ccccc4-c4ccccc4)cc(C(C)(C)C)c3)c2)cc1. The molecule has 312 valence electrons. The van der Waals surface area contributed by atoms with Crippen molar-refractivity contribution in [1.82, 2.24) is 14.5 Å². The zero-order chi connectivity index (χ0) is 43.8. The van der Waals surface area contributed by atoms with Crippen LogP contribution in [0.25, 0.3) is 72.7 Å². The summed E-state index contributed by atoms with van der Waals surface area (Å²) in [5, 5.41) is 12.6. The van der Waals surface area contributed by atoms with Gasteiger partial charge in [0.15, 0.2) is 0 Å². The minimum atomic E-state index is -0.195. The smallest absolute Gasteiger partial charge is 0.149 e. The van der Waals surface area contributed by atoms with Gasteiger partial charge >= 0.3 is 0 Å². The predicted molar refractivity (Wildman–Crippen MR) is 260 cm³/mol. The summed E-state index contributed by atoms with van der Waals surface area (Å²) in [6.07, 6.45) is 3.99. The first-order chi connectivity index (χ1) is 29.4. The first-order valence-corrected chi connectivity index (χ1v) is 22.2. The van der Waals surface area contributed by atoms with Crippen molar-refractivity contribution in [2.75, 3.05) is 0 Å². The van der Waals surface area contributed by atoms with Crippen molar-refractivity contribution < 1.29 is 5.11 Å². The number of aromatic nitrogens is 3. The molecule has 4 nitrogen and oxygen atoms in total. The van der Waals surface area contributed by atoms with E-state index >= 15 is 0 Å². The lowest BCUT2D eigenvalue weighted by molar-refractivity contribution is 0.318. The van der Waals surface area contributed by atoms with Crippen LogP contribution >= 0.6 is 0 Å². The molecule has 6 aromatic carbocycles. The number of hydrogen-bond acceptors (Lipinski definition) is 3. The molecular formula is C58H59N3O. The van der Waals surface area contributed by atoms with Crippen molar-refractivity contribution in [3.8, 4) is 67.5 Å². The van der Waals surface area contributed by atoms with E-state index in [1.54, 1.807) is 0 Å². The number of phenols is 1. The Morgan fingerprint density at radius 1 is 0.532 bits per heavy atom. The van der Waals surface area contributed by atoms with E-state index < -0.39 is 0 Å². The van der Waals surface area contributed by atoms with E-state index in [0.29, 0.717) is 11.6 Å². The van der Waals surface area contributed by atoms with Gasteiger partial charge in [-0.2, -0.15) is 0 Å². The van der Waals surface area contributed by atoms with Crippen molar-refractivity contribution in [2.24, 2.45) is 0 Å². The Kier molecular flexibility index (Phi) is 9.93. The molecule has 0 radical (unpaired) electrons. The summed E-state index contributed by atoms with van der Waals surface area (Å²) in [5.74, 6) is 1.04. The zero-order valence-electron chi connectivity index (χ0n) is 38.1. The number of benzene rings is 6. The normalized spacial score (nSPS) is 14.8. The van der Waals surface area contributed by atoms with Crippen molar-refractivity contribution in [2.45, 2.75) is 104 Å². The Morgan fingerprint density at radius 3 is 1.92 bits per heavy atom. The van der Waals surface area contributed by atoms with E-state index in [1.807, 2.05) is 6.20 Å². The molecule has 2 heterocycles. The number of rotatable bonds is 6. The fraction of sp³-hybridized carbons (Fsp3) is 0.276. The highest BCUT2D eigenvalue weighted by Crippen LogP contribution is 2.52. The lowest BCUT2D eigenvalue weighted by Gasteiger charge is -2.42. The van der Waals surface area contributed by atoms with Gasteiger partial charge in [0.1, 0.15) is 11.6 Å². The van der Waals surface area contributed by atoms with Gasteiger partial charge in [0, 0.05) is 28.5 Å². The molecule has 1 aliphatic carbocycles. The van der Waals surface area contributed by atoms with Gasteiger partial charge in [-0.05, 0) is 116 Å². The van der Waals surface area contributed by atoms with E-state index in [1.165, 1.54) is 22.3 Å². The average molecular weight is 814 g/mol. The molecule has 8 aromatic rings. The number of fused-ring (bicyclic) bond motifs is 2. The summed E-state index contributed by atoms with van der Waals surface area (Å²) in [4.78, 5) is 10.6. The summed E-state index contributed by atoms with van der Waals surface area (Å²) >= 11 is 0. The van der Waals surface area contributed by atoms with E-state index in [-0.39, 0.29) is 21.7 Å². The molecule has 9 rings (SSSR count). The largest absolute Gasteiger partial charge is 0.507 e. The minimum Gasteiger partial charge on any atom is -0.507 e. The van der Waals surface area contributed by atoms with Gasteiger partial charge in [-0.25, -0.2) is 4.98 Å². The second-order valence-corrected chi connectivity index (χ2v) is 20.8. The molecule has 0 atom stereocenters. The van der Waals surface area contributed by atoms with Crippen LogP contribution in [0.15, 0.2) is 146 Å². The maximum atomic E-state index is 12.6. The summed E-state index contributed by atoms with van der Waals surface area (Å²) in [6, 6.07) is 50.1. The van der Waals surface area contributed by atoms with Crippen molar-refractivity contribution in [3.63, 3.8) is 0 Å². The molecule has 0 fully saturated rings. The van der Waals surface area contributed by atoms with Gasteiger partial charge in [0.2, 0.25) is 0 Å². The summed E-state index contributed by atoms with van der Waals surface area (Å²) < 4.78 is 2.27. The van der Waals surface area contributed by atoms with Crippen LogP contribution < -0.4 is 0 Å². The predicted octanol–water partition coefficient (Wildman–Crippen LogP) is 15.4. The van der Waals surface area contributed by atoms with Gasteiger partial charge in [-0.3, -0.25) is 9.55 Å². The van der Waals surface area contributed by atoms with Crippen LogP contribution in [-0.2, 0) is 21.7 Å². The first-order valence-electron chi connectivity index (χ1n) is 22.2. The van der Waals surface area contributed by atoms with E-state index in [0.717, 1.165) is 79.8 Å². The number of aromatic hydroxyl groups is 1. The highest BCUT2D eigenvalue weighted by Gasteiger charge is 2.40. The van der Waals surface area contributed by atoms with Crippen LogP contribution in [0, 0.1) is 0 Å². The molecule has 0 spiro atoms. The van der Waals surface area contributed by atoms with Crippen molar-refractivity contribution >= 4 is 11.0 Å². The third kappa shape index (κ3) is 7.34. The van der Waals surface area contributed by atoms with Gasteiger partial charge in [-0.1, -0.05) is 166 Å². The second kappa shape index (κ2) is 15.0. The Balaban J connectivity index is 1.28. The van der Waals surface area contributed by atoms with E-state index in [9.17, 15) is 5.11 Å². The second-order valence-electron chi connectivity index (χ2n) is 20.8. The first kappa shape index (κ1) is 41.1. The number of para-hydroxylation sites is 2. The van der Waals surface area contributed by atoms with E-state index in [2.05, 4.69) is 213 Å². The molecule has 0 unspecified atom stereocenters. The summed E-state index contributed by atoms with van der Waals surface area (Å²) in [6.45, 7) is 22.7. The van der Waals surface area contributed by atoms with Crippen molar-refractivity contribution in [1.29, 1.82) is 0 Å². The van der Waals surface area contributed by atoms with Crippen LogP contribution in [0.5, 0.6) is 5.75 Å². The maximum absolute atomic E-state index is 12.6. The molecule has 62 heavy (non-hydrogen) atoms. The Bertz CT molecular complexity index is 2970. The lowest BCUT2D eigenvalue weighted by Crippen LogP contribution is -2.34. The number of phenolic OH excluding ortho intramolecular Hbond substituents is 1. The highest BCUT2D eigenvalue weighted by atomic mass is 16.3. The van der Waals surface area contributed by atoms with Gasteiger partial charge < -0.3 is 5.11 Å². The van der Waals surface area contributed by atoms with Crippen LogP contribution in [0.1, 0.15) is 104 Å². The molecule has 2 aromatic heterocycles. The fourth-order valence-corrected chi connectivity index (χ4v) is 9.49. The maximum Gasteiger partial charge on any atom is 0.149 e. The monoisotopic (exact) mass is 813 g/mol. The third-order valence-corrected chi connectivity index (χ3v) is 13.4. The molecule has 0 saturated heterocycles. The number of imidazole rings is 1.